The number of carbonyl (C=O) groups excluding carboxylic acids is 1. The predicted octanol–water partition coefficient (Wildman–Crippen LogP) is 0.239. The summed E-state index contributed by atoms with van der Waals surface area (Å²) in [6.07, 6.45) is 2.20. The highest BCUT2D eigenvalue weighted by Crippen LogP contribution is 2.17. The lowest BCUT2D eigenvalue weighted by atomic mass is 10.7. The molecular weight excluding hydrogens is 128 g/mol. The van der Waals surface area contributed by atoms with Gasteiger partial charge >= 0.3 is 6.03 Å². The van der Waals surface area contributed by atoms with E-state index in [1.54, 1.807) is 0 Å². The first kappa shape index (κ1) is 7.56. The molecule has 0 saturated heterocycles. The summed E-state index contributed by atoms with van der Waals surface area (Å²) in [5.41, 5.74) is 4.78. The first-order valence-corrected chi connectivity index (χ1v) is 2.35. The van der Waals surface area contributed by atoms with Crippen LogP contribution in [0, 0.1) is 0 Å². The number of nitrogens with two attached hydrogens (primary N) is 1. The summed E-state index contributed by atoms with van der Waals surface area (Å²) in [6.45, 7) is 0. The van der Waals surface area contributed by atoms with E-state index in [9.17, 15) is 4.79 Å². The van der Waals surface area contributed by atoms with Crippen LogP contribution in [0.4, 0.5) is 4.79 Å². The highest BCUT2D eigenvalue weighted by atomic mass is 35.5. The van der Waals surface area contributed by atoms with Gasteiger partial charge in [0.05, 0.1) is 0 Å². The number of primary amides is 1. The molecule has 1 fully saturated rings. The van der Waals surface area contributed by atoms with Crippen molar-refractivity contribution in [3.8, 4) is 0 Å². The molecule has 2 amide bonds. The first-order chi connectivity index (χ1) is 3.29. The molecule has 3 N–H and O–H groups in total. The van der Waals surface area contributed by atoms with E-state index in [1.165, 1.54) is 0 Å². The van der Waals surface area contributed by atoms with Crippen LogP contribution in [-0.4, -0.2) is 12.1 Å². The molecule has 3 nitrogen and oxygen atoms in total. The fourth-order valence-electron chi connectivity index (χ4n) is 0.429. The topological polar surface area (TPSA) is 55.1 Å². The second-order valence-electron chi connectivity index (χ2n) is 1.78. The quantitative estimate of drug-likeness (QED) is 0.533. The third kappa shape index (κ3) is 2.69. The van der Waals surface area contributed by atoms with Gasteiger partial charge in [-0.2, -0.15) is 0 Å². The number of hydrogen-bond acceptors (Lipinski definition) is 1. The van der Waals surface area contributed by atoms with E-state index in [1.807, 2.05) is 0 Å². The Morgan fingerprint density at radius 1 is 1.62 bits per heavy atom. The lowest BCUT2D eigenvalue weighted by Gasteiger charge is -1.91. The van der Waals surface area contributed by atoms with Crippen molar-refractivity contribution in [3.63, 3.8) is 0 Å². The third-order valence-electron chi connectivity index (χ3n) is 0.924. The zero-order valence-electron chi connectivity index (χ0n) is 4.39. The van der Waals surface area contributed by atoms with Crippen molar-refractivity contribution in [3.05, 3.63) is 0 Å². The van der Waals surface area contributed by atoms with Crippen LogP contribution in [0.3, 0.4) is 0 Å². The molecule has 1 aliphatic rings. The molecular formula is C4H9ClN2O. The maximum Gasteiger partial charge on any atom is 0.312 e. The van der Waals surface area contributed by atoms with Gasteiger partial charge < -0.3 is 11.1 Å². The Bertz CT molecular complexity index is 92.0. The average molecular weight is 137 g/mol. The molecule has 0 unspecified atom stereocenters. The van der Waals surface area contributed by atoms with Gasteiger partial charge in [0.15, 0.2) is 0 Å². The highest BCUT2D eigenvalue weighted by molar-refractivity contribution is 5.85. The van der Waals surface area contributed by atoms with Crippen LogP contribution >= 0.6 is 12.4 Å². The minimum absolute atomic E-state index is 0. The van der Waals surface area contributed by atoms with E-state index in [0.717, 1.165) is 12.8 Å². The van der Waals surface area contributed by atoms with Crippen LogP contribution in [0.25, 0.3) is 0 Å². The number of carbonyl (C=O) groups is 1. The van der Waals surface area contributed by atoms with Gasteiger partial charge in [-0.05, 0) is 12.8 Å². The summed E-state index contributed by atoms with van der Waals surface area (Å²) in [6, 6.07) is -0.000000000000000444. The number of amides is 2. The van der Waals surface area contributed by atoms with Crippen LogP contribution in [0.1, 0.15) is 12.8 Å². The smallest absolute Gasteiger partial charge is 0.312 e. The van der Waals surface area contributed by atoms with E-state index in [-0.39, 0.29) is 12.4 Å². The monoisotopic (exact) mass is 136 g/mol. The van der Waals surface area contributed by atoms with Crippen molar-refractivity contribution in [2.45, 2.75) is 18.9 Å². The molecule has 0 aromatic rings. The van der Waals surface area contributed by atoms with Crippen molar-refractivity contribution in [1.29, 1.82) is 0 Å². The summed E-state index contributed by atoms with van der Waals surface area (Å²) in [7, 11) is 0. The van der Waals surface area contributed by atoms with Crippen LogP contribution in [0.5, 0.6) is 0 Å². The minimum atomic E-state index is -0.400. The number of nitrogens with one attached hydrogen (secondary N) is 1. The zero-order valence-corrected chi connectivity index (χ0v) is 5.20. The summed E-state index contributed by atoms with van der Waals surface area (Å²) >= 11 is 0. The van der Waals surface area contributed by atoms with E-state index in [2.05, 4.69) is 5.32 Å². The second-order valence-corrected chi connectivity index (χ2v) is 1.78. The molecule has 8 heavy (non-hydrogen) atoms. The van der Waals surface area contributed by atoms with Crippen molar-refractivity contribution in [2.24, 2.45) is 5.73 Å². The number of hydrogen-bond donors (Lipinski definition) is 2. The Morgan fingerprint density at radius 2 is 2.12 bits per heavy atom. The molecule has 1 rings (SSSR count). The highest BCUT2D eigenvalue weighted by Gasteiger charge is 2.21. The Kier molecular flexibility index (Phi) is 2.62. The van der Waals surface area contributed by atoms with E-state index in [0.29, 0.717) is 6.04 Å². The third-order valence-corrected chi connectivity index (χ3v) is 0.924. The molecule has 0 aromatic carbocycles. The molecule has 0 spiro atoms. The molecule has 4 heteroatoms. The van der Waals surface area contributed by atoms with Crippen LogP contribution in [0.15, 0.2) is 0 Å². The molecule has 0 atom stereocenters. The summed E-state index contributed by atoms with van der Waals surface area (Å²) in [4.78, 5) is 9.96. The van der Waals surface area contributed by atoms with Gasteiger partial charge in [-0.25, -0.2) is 4.79 Å². The van der Waals surface area contributed by atoms with Gasteiger partial charge in [0, 0.05) is 6.04 Å². The maximum atomic E-state index is 9.96. The van der Waals surface area contributed by atoms with Gasteiger partial charge in [-0.3, -0.25) is 0 Å². The largest absolute Gasteiger partial charge is 0.352 e. The van der Waals surface area contributed by atoms with E-state index >= 15 is 0 Å². The van der Waals surface area contributed by atoms with Gasteiger partial charge in [0.1, 0.15) is 0 Å². The van der Waals surface area contributed by atoms with Crippen molar-refractivity contribution in [1.82, 2.24) is 5.32 Å². The molecule has 0 heterocycles. The molecule has 0 aromatic heterocycles. The van der Waals surface area contributed by atoms with Crippen molar-refractivity contribution < 1.29 is 4.79 Å². The summed E-state index contributed by atoms with van der Waals surface area (Å²) in [5.74, 6) is 0. The van der Waals surface area contributed by atoms with Crippen molar-refractivity contribution >= 4 is 18.4 Å². The van der Waals surface area contributed by atoms with E-state index < -0.39 is 6.03 Å². The van der Waals surface area contributed by atoms with Crippen LogP contribution in [-0.2, 0) is 0 Å². The van der Waals surface area contributed by atoms with Gasteiger partial charge in [0.2, 0.25) is 0 Å². The summed E-state index contributed by atoms with van der Waals surface area (Å²) in [5, 5.41) is 2.56. The van der Waals surface area contributed by atoms with Gasteiger partial charge in [0.25, 0.3) is 0 Å². The van der Waals surface area contributed by atoms with Gasteiger partial charge in [-0.1, -0.05) is 0 Å². The van der Waals surface area contributed by atoms with Crippen LogP contribution in [0.2, 0.25) is 0 Å². The maximum absolute atomic E-state index is 9.96. The average Bonchev–Trinajstić information content (AvgIpc) is 2.17. The molecule has 48 valence electrons. The lowest BCUT2D eigenvalue weighted by molar-refractivity contribution is 0.248. The van der Waals surface area contributed by atoms with Crippen molar-refractivity contribution in [2.75, 3.05) is 0 Å². The molecule has 1 saturated carbocycles. The first-order valence-electron chi connectivity index (χ1n) is 2.35. The predicted molar refractivity (Wildman–Crippen MR) is 33.0 cm³/mol. The normalized spacial score (nSPS) is 16.5. The number of halogens is 1. The SMILES string of the molecule is Cl.NC(=O)NC1CC1. The minimum Gasteiger partial charge on any atom is -0.352 e. The van der Waals surface area contributed by atoms with E-state index in [4.69, 9.17) is 5.73 Å². The fraction of sp³-hybridized carbons (Fsp3) is 0.750. The Hall–Kier alpha value is -0.440. The number of rotatable bonds is 1. The van der Waals surface area contributed by atoms with Crippen LogP contribution < -0.4 is 11.1 Å². The van der Waals surface area contributed by atoms with Gasteiger partial charge in [-0.15, -0.1) is 12.4 Å². The Morgan fingerprint density at radius 3 is 2.25 bits per heavy atom. The molecule has 0 radical (unpaired) electrons. The second kappa shape index (κ2) is 2.77. The summed E-state index contributed by atoms with van der Waals surface area (Å²) < 4.78 is 0. The molecule has 0 bridgehead atoms. The fourth-order valence-corrected chi connectivity index (χ4v) is 0.429. The zero-order chi connectivity index (χ0) is 5.28. The Labute approximate surface area is 54.0 Å². The number of urea groups is 1. The molecule has 0 aliphatic heterocycles. The molecule has 1 aliphatic carbocycles. The Balaban J connectivity index is 0.000000490. The lowest BCUT2D eigenvalue weighted by Crippen LogP contribution is -2.30. The standard InChI is InChI=1S/C4H8N2O.ClH/c5-4(7)6-3-1-2-3;/h3H,1-2H2,(H3,5,6,7);1H.